The van der Waals surface area contributed by atoms with Crippen LogP contribution in [0.15, 0.2) is 0 Å². The SMILES string of the molecule is CCCC(C#N)NC(C)C. The van der Waals surface area contributed by atoms with Crippen LogP contribution in [0.2, 0.25) is 0 Å². The van der Waals surface area contributed by atoms with Gasteiger partial charge in [-0.15, -0.1) is 0 Å². The summed E-state index contributed by atoms with van der Waals surface area (Å²) in [5, 5.41) is 11.8. The zero-order valence-electron chi connectivity index (χ0n) is 7.02. The summed E-state index contributed by atoms with van der Waals surface area (Å²) >= 11 is 0. The van der Waals surface area contributed by atoms with Crippen LogP contribution in [0.4, 0.5) is 0 Å². The van der Waals surface area contributed by atoms with Crippen molar-refractivity contribution in [2.24, 2.45) is 0 Å². The molecule has 1 atom stereocenters. The van der Waals surface area contributed by atoms with Crippen molar-refractivity contribution in [2.75, 3.05) is 0 Å². The maximum atomic E-state index is 8.59. The molecule has 0 aromatic carbocycles. The Bertz CT molecular complexity index is 113. The van der Waals surface area contributed by atoms with Crippen molar-refractivity contribution in [2.45, 2.75) is 45.7 Å². The molecule has 0 aliphatic heterocycles. The largest absolute Gasteiger partial charge is 0.300 e. The molecule has 0 aliphatic rings. The Hall–Kier alpha value is -0.550. The molecule has 0 spiro atoms. The molecule has 0 aromatic rings. The zero-order chi connectivity index (χ0) is 7.98. The second-order valence-electron chi connectivity index (χ2n) is 2.79. The van der Waals surface area contributed by atoms with E-state index in [1.165, 1.54) is 0 Å². The highest BCUT2D eigenvalue weighted by Crippen LogP contribution is 1.95. The summed E-state index contributed by atoms with van der Waals surface area (Å²) in [6.07, 6.45) is 2.02. The molecule has 0 radical (unpaired) electrons. The van der Waals surface area contributed by atoms with Crippen LogP contribution in [-0.4, -0.2) is 12.1 Å². The van der Waals surface area contributed by atoms with Gasteiger partial charge in [0.2, 0.25) is 0 Å². The monoisotopic (exact) mass is 140 g/mol. The second-order valence-corrected chi connectivity index (χ2v) is 2.79. The molecule has 0 rings (SSSR count). The standard InChI is InChI=1S/C8H16N2/c1-4-5-8(6-9)10-7(2)3/h7-8,10H,4-5H2,1-3H3. The second kappa shape index (κ2) is 5.25. The maximum absolute atomic E-state index is 8.59. The maximum Gasteiger partial charge on any atom is 0.0954 e. The third-order valence-electron chi connectivity index (χ3n) is 1.27. The Morgan fingerprint density at radius 2 is 2.10 bits per heavy atom. The van der Waals surface area contributed by atoms with Crippen LogP contribution < -0.4 is 5.32 Å². The molecule has 10 heavy (non-hydrogen) atoms. The van der Waals surface area contributed by atoms with E-state index in [1.807, 2.05) is 0 Å². The summed E-state index contributed by atoms with van der Waals surface area (Å²) in [5.74, 6) is 0. The molecule has 0 heterocycles. The van der Waals surface area contributed by atoms with E-state index in [0.717, 1.165) is 12.8 Å². The van der Waals surface area contributed by atoms with Gasteiger partial charge in [0.05, 0.1) is 12.1 Å². The first kappa shape index (κ1) is 9.45. The van der Waals surface area contributed by atoms with Crippen LogP contribution in [0, 0.1) is 11.3 Å². The predicted octanol–water partition coefficient (Wildman–Crippen LogP) is 1.68. The van der Waals surface area contributed by atoms with Crippen molar-refractivity contribution >= 4 is 0 Å². The van der Waals surface area contributed by atoms with Crippen molar-refractivity contribution in [3.05, 3.63) is 0 Å². The van der Waals surface area contributed by atoms with E-state index < -0.39 is 0 Å². The van der Waals surface area contributed by atoms with Crippen molar-refractivity contribution in [3.8, 4) is 6.07 Å². The number of hydrogen-bond acceptors (Lipinski definition) is 2. The fraction of sp³-hybridized carbons (Fsp3) is 0.875. The topological polar surface area (TPSA) is 35.8 Å². The van der Waals surface area contributed by atoms with Crippen molar-refractivity contribution in [1.29, 1.82) is 5.26 Å². The summed E-state index contributed by atoms with van der Waals surface area (Å²) in [5.41, 5.74) is 0. The average molecular weight is 140 g/mol. The average Bonchev–Trinajstić information content (AvgIpc) is 1.86. The highest BCUT2D eigenvalue weighted by Gasteiger charge is 2.05. The quantitative estimate of drug-likeness (QED) is 0.645. The van der Waals surface area contributed by atoms with Crippen LogP contribution >= 0.6 is 0 Å². The predicted molar refractivity (Wildman–Crippen MR) is 42.6 cm³/mol. The number of nitrogens with zero attached hydrogens (tertiary/aromatic N) is 1. The van der Waals surface area contributed by atoms with Crippen LogP contribution in [0.3, 0.4) is 0 Å². The molecule has 0 aromatic heterocycles. The lowest BCUT2D eigenvalue weighted by Gasteiger charge is -2.12. The van der Waals surface area contributed by atoms with Gasteiger partial charge in [0.25, 0.3) is 0 Å². The van der Waals surface area contributed by atoms with E-state index in [1.54, 1.807) is 0 Å². The van der Waals surface area contributed by atoms with Gasteiger partial charge in [-0.2, -0.15) is 5.26 Å². The van der Waals surface area contributed by atoms with Crippen molar-refractivity contribution in [3.63, 3.8) is 0 Å². The number of rotatable bonds is 4. The lowest BCUT2D eigenvalue weighted by Crippen LogP contribution is -2.33. The smallest absolute Gasteiger partial charge is 0.0954 e. The zero-order valence-corrected chi connectivity index (χ0v) is 7.02. The van der Waals surface area contributed by atoms with Gasteiger partial charge in [-0.1, -0.05) is 13.3 Å². The minimum atomic E-state index is 0.0463. The van der Waals surface area contributed by atoms with E-state index in [0.29, 0.717) is 6.04 Å². The molecule has 0 bridgehead atoms. The first-order valence-electron chi connectivity index (χ1n) is 3.86. The van der Waals surface area contributed by atoms with Gasteiger partial charge < -0.3 is 0 Å². The van der Waals surface area contributed by atoms with Crippen molar-refractivity contribution in [1.82, 2.24) is 5.32 Å². The first-order chi connectivity index (χ1) is 4.70. The normalized spacial score (nSPS) is 13.1. The van der Waals surface area contributed by atoms with E-state index >= 15 is 0 Å². The molecule has 58 valence electrons. The highest BCUT2D eigenvalue weighted by molar-refractivity contribution is 4.89. The van der Waals surface area contributed by atoms with E-state index in [9.17, 15) is 0 Å². The molecule has 2 heteroatoms. The Morgan fingerprint density at radius 3 is 2.40 bits per heavy atom. The molecule has 0 saturated carbocycles. The molecule has 0 amide bonds. The number of hydrogen-bond donors (Lipinski definition) is 1. The fourth-order valence-corrected chi connectivity index (χ4v) is 0.876. The fourth-order valence-electron chi connectivity index (χ4n) is 0.876. The summed E-state index contributed by atoms with van der Waals surface area (Å²) in [4.78, 5) is 0. The summed E-state index contributed by atoms with van der Waals surface area (Å²) in [6.45, 7) is 6.20. The van der Waals surface area contributed by atoms with Gasteiger partial charge in [-0.3, -0.25) is 5.32 Å². The van der Waals surface area contributed by atoms with Gasteiger partial charge in [0, 0.05) is 6.04 Å². The third-order valence-corrected chi connectivity index (χ3v) is 1.27. The lowest BCUT2D eigenvalue weighted by molar-refractivity contribution is 0.502. The lowest BCUT2D eigenvalue weighted by atomic mass is 10.2. The Labute approximate surface area is 63.2 Å². The number of nitriles is 1. The molecule has 1 unspecified atom stereocenters. The van der Waals surface area contributed by atoms with Gasteiger partial charge in [0.15, 0.2) is 0 Å². The van der Waals surface area contributed by atoms with Gasteiger partial charge in [-0.05, 0) is 20.3 Å². The van der Waals surface area contributed by atoms with E-state index in [-0.39, 0.29) is 6.04 Å². The molecule has 2 nitrogen and oxygen atoms in total. The molecular weight excluding hydrogens is 124 g/mol. The Morgan fingerprint density at radius 1 is 1.50 bits per heavy atom. The van der Waals surface area contributed by atoms with Gasteiger partial charge in [0.1, 0.15) is 0 Å². The van der Waals surface area contributed by atoms with Crippen LogP contribution in [0.25, 0.3) is 0 Å². The first-order valence-corrected chi connectivity index (χ1v) is 3.86. The van der Waals surface area contributed by atoms with Gasteiger partial charge >= 0.3 is 0 Å². The van der Waals surface area contributed by atoms with Gasteiger partial charge in [-0.25, -0.2) is 0 Å². The minimum Gasteiger partial charge on any atom is -0.300 e. The summed E-state index contributed by atoms with van der Waals surface area (Å²) < 4.78 is 0. The van der Waals surface area contributed by atoms with Crippen LogP contribution in [-0.2, 0) is 0 Å². The van der Waals surface area contributed by atoms with Crippen LogP contribution in [0.1, 0.15) is 33.6 Å². The minimum absolute atomic E-state index is 0.0463. The molecule has 0 fully saturated rings. The Balaban J connectivity index is 3.52. The summed E-state index contributed by atoms with van der Waals surface area (Å²) in [7, 11) is 0. The van der Waals surface area contributed by atoms with E-state index in [2.05, 4.69) is 32.2 Å². The third kappa shape index (κ3) is 4.34. The van der Waals surface area contributed by atoms with E-state index in [4.69, 9.17) is 5.26 Å². The molecular formula is C8H16N2. The summed E-state index contributed by atoms with van der Waals surface area (Å²) in [6, 6.07) is 2.68. The Kier molecular flexibility index (Phi) is 4.96. The van der Waals surface area contributed by atoms with Crippen LogP contribution in [0.5, 0.6) is 0 Å². The van der Waals surface area contributed by atoms with Crippen molar-refractivity contribution < 1.29 is 0 Å². The molecule has 0 saturated heterocycles. The molecule has 1 N–H and O–H groups in total. The number of nitrogens with one attached hydrogen (secondary N) is 1. The molecule has 0 aliphatic carbocycles. The highest BCUT2D eigenvalue weighted by atomic mass is 14.9.